The minimum absolute atomic E-state index is 0.0235. The van der Waals surface area contributed by atoms with E-state index in [-0.39, 0.29) is 28.6 Å². The molecule has 6 nitrogen and oxygen atoms in total. The van der Waals surface area contributed by atoms with Gasteiger partial charge in [0.05, 0.1) is 26.7 Å². The summed E-state index contributed by atoms with van der Waals surface area (Å²) in [6.07, 6.45) is 0. The zero-order valence-electron chi connectivity index (χ0n) is 11.3. The Kier molecular flexibility index (Phi) is 3.56. The number of aromatic hydroxyl groups is 2. The molecule has 0 aliphatic heterocycles. The van der Waals surface area contributed by atoms with E-state index in [1.54, 1.807) is 0 Å². The van der Waals surface area contributed by atoms with E-state index in [2.05, 4.69) is 4.74 Å². The largest absolute Gasteiger partial charge is 0.506 e. The van der Waals surface area contributed by atoms with Crippen molar-refractivity contribution in [1.82, 2.24) is 0 Å². The van der Waals surface area contributed by atoms with E-state index in [9.17, 15) is 15.0 Å². The summed E-state index contributed by atoms with van der Waals surface area (Å²) in [5.41, 5.74) is -0.0235. The van der Waals surface area contributed by atoms with Crippen LogP contribution in [0.1, 0.15) is 10.4 Å². The molecule has 0 fully saturated rings. The summed E-state index contributed by atoms with van der Waals surface area (Å²) >= 11 is 0. The lowest BCUT2D eigenvalue weighted by atomic mass is 10.0. The fourth-order valence-electron chi connectivity index (χ4n) is 2.06. The minimum Gasteiger partial charge on any atom is -0.506 e. The summed E-state index contributed by atoms with van der Waals surface area (Å²) in [5, 5.41) is 20.7. The molecule has 0 bridgehead atoms. The summed E-state index contributed by atoms with van der Waals surface area (Å²) in [6.45, 7) is 0. The first kappa shape index (κ1) is 13.8. The Labute approximate surface area is 115 Å². The Morgan fingerprint density at radius 3 is 2.35 bits per heavy atom. The first-order valence-corrected chi connectivity index (χ1v) is 5.73. The second kappa shape index (κ2) is 5.16. The van der Waals surface area contributed by atoms with Crippen LogP contribution in [0.25, 0.3) is 10.8 Å². The zero-order valence-corrected chi connectivity index (χ0v) is 11.3. The van der Waals surface area contributed by atoms with Gasteiger partial charge in [-0.2, -0.15) is 0 Å². The van der Waals surface area contributed by atoms with E-state index in [0.717, 1.165) is 0 Å². The maximum absolute atomic E-state index is 11.6. The molecule has 0 spiro atoms. The van der Waals surface area contributed by atoms with Gasteiger partial charge in [-0.25, -0.2) is 4.79 Å². The normalized spacial score (nSPS) is 10.3. The standard InChI is InChI=1S/C14H14O6/c1-18-10-6-8(14(17)20-3)12(16)7-4-5-9(15)13(19-2)11(7)10/h4-6,15-16H,1-3H3. The van der Waals surface area contributed by atoms with Gasteiger partial charge >= 0.3 is 5.97 Å². The smallest absolute Gasteiger partial charge is 0.341 e. The number of esters is 1. The summed E-state index contributed by atoms with van der Waals surface area (Å²) < 4.78 is 14.9. The third kappa shape index (κ3) is 1.95. The fourth-order valence-corrected chi connectivity index (χ4v) is 2.06. The molecule has 2 rings (SSSR count). The summed E-state index contributed by atoms with van der Waals surface area (Å²) in [4.78, 5) is 11.6. The Morgan fingerprint density at radius 1 is 1.10 bits per heavy atom. The molecule has 0 amide bonds. The van der Waals surface area contributed by atoms with Crippen molar-refractivity contribution in [3.05, 3.63) is 23.8 Å². The van der Waals surface area contributed by atoms with Crippen molar-refractivity contribution in [2.75, 3.05) is 21.3 Å². The molecule has 2 aromatic carbocycles. The van der Waals surface area contributed by atoms with Crippen LogP contribution in [-0.4, -0.2) is 37.5 Å². The van der Waals surface area contributed by atoms with Crippen LogP contribution in [0.2, 0.25) is 0 Å². The number of phenols is 2. The van der Waals surface area contributed by atoms with Crippen molar-refractivity contribution in [3.63, 3.8) is 0 Å². The predicted octanol–water partition coefficient (Wildman–Crippen LogP) is 2.05. The minimum atomic E-state index is -0.685. The van der Waals surface area contributed by atoms with Crippen LogP contribution in [0, 0.1) is 0 Å². The number of carbonyl (C=O) groups excluding carboxylic acids is 1. The van der Waals surface area contributed by atoms with Gasteiger partial charge in [0.15, 0.2) is 11.5 Å². The number of benzene rings is 2. The van der Waals surface area contributed by atoms with Crippen molar-refractivity contribution in [2.24, 2.45) is 0 Å². The molecular formula is C14H14O6. The van der Waals surface area contributed by atoms with E-state index in [0.29, 0.717) is 10.8 Å². The van der Waals surface area contributed by atoms with Crippen molar-refractivity contribution in [1.29, 1.82) is 0 Å². The van der Waals surface area contributed by atoms with Gasteiger partial charge in [0, 0.05) is 5.39 Å². The van der Waals surface area contributed by atoms with E-state index < -0.39 is 5.97 Å². The van der Waals surface area contributed by atoms with Gasteiger partial charge < -0.3 is 24.4 Å². The fraction of sp³-hybridized carbons (Fsp3) is 0.214. The summed E-state index contributed by atoms with van der Waals surface area (Å²) in [7, 11) is 4.02. The van der Waals surface area contributed by atoms with Crippen molar-refractivity contribution in [3.8, 4) is 23.0 Å². The molecule has 0 saturated heterocycles. The van der Waals surface area contributed by atoms with Gasteiger partial charge in [-0.3, -0.25) is 0 Å². The number of hydrogen-bond acceptors (Lipinski definition) is 6. The molecule has 106 valence electrons. The predicted molar refractivity (Wildman–Crippen MR) is 71.7 cm³/mol. The van der Waals surface area contributed by atoms with Gasteiger partial charge in [-0.05, 0) is 18.2 Å². The molecule has 0 saturated carbocycles. The van der Waals surface area contributed by atoms with Crippen LogP contribution in [0.15, 0.2) is 18.2 Å². The average molecular weight is 278 g/mol. The van der Waals surface area contributed by atoms with Crippen LogP contribution < -0.4 is 9.47 Å². The molecule has 0 unspecified atom stereocenters. The number of carbonyl (C=O) groups is 1. The van der Waals surface area contributed by atoms with Crippen LogP contribution in [0.3, 0.4) is 0 Å². The quantitative estimate of drug-likeness (QED) is 0.836. The van der Waals surface area contributed by atoms with Crippen molar-refractivity contribution in [2.45, 2.75) is 0 Å². The molecule has 0 aromatic heterocycles. The van der Waals surface area contributed by atoms with Gasteiger partial charge in [-0.1, -0.05) is 0 Å². The zero-order chi connectivity index (χ0) is 14.9. The Bertz CT molecular complexity index is 677. The first-order valence-electron chi connectivity index (χ1n) is 5.73. The van der Waals surface area contributed by atoms with Gasteiger partial charge in [0.25, 0.3) is 0 Å². The third-order valence-electron chi connectivity index (χ3n) is 3.00. The summed E-state index contributed by atoms with van der Waals surface area (Å²) in [6, 6.07) is 4.17. The van der Waals surface area contributed by atoms with Crippen LogP contribution in [0.5, 0.6) is 23.0 Å². The highest BCUT2D eigenvalue weighted by atomic mass is 16.5. The number of ether oxygens (including phenoxy) is 3. The van der Waals surface area contributed by atoms with Gasteiger partial charge in [0.2, 0.25) is 0 Å². The number of phenolic OH excluding ortho intramolecular Hbond substituents is 2. The van der Waals surface area contributed by atoms with E-state index in [1.165, 1.54) is 39.5 Å². The highest BCUT2D eigenvalue weighted by Crippen LogP contribution is 2.45. The lowest BCUT2D eigenvalue weighted by Gasteiger charge is -2.14. The average Bonchev–Trinajstić information content (AvgIpc) is 2.46. The Balaban J connectivity index is 2.92. The molecule has 2 aromatic rings. The maximum Gasteiger partial charge on any atom is 0.341 e. The summed E-state index contributed by atoms with van der Waals surface area (Å²) in [5.74, 6) is -0.596. The second-order valence-corrected chi connectivity index (χ2v) is 4.01. The van der Waals surface area contributed by atoms with E-state index >= 15 is 0 Å². The molecule has 20 heavy (non-hydrogen) atoms. The molecule has 0 aliphatic carbocycles. The van der Waals surface area contributed by atoms with Crippen molar-refractivity contribution >= 4 is 16.7 Å². The molecule has 0 radical (unpaired) electrons. The lowest BCUT2D eigenvalue weighted by Crippen LogP contribution is -2.03. The molecule has 2 N–H and O–H groups in total. The highest BCUT2D eigenvalue weighted by molar-refractivity contribution is 6.06. The van der Waals surface area contributed by atoms with Crippen molar-refractivity contribution < 1.29 is 29.2 Å². The monoisotopic (exact) mass is 278 g/mol. The second-order valence-electron chi connectivity index (χ2n) is 4.01. The van der Waals surface area contributed by atoms with Crippen LogP contribution in [0.4, 0.5) is 0 Å². The van der Waals surface area contributed by atoms with E-state index in [4.69, 9.17) is 9.47 Å². The van der Waals surface area contributed by atoms with Gasteiger partial charge in [-0.15, -0.1) is 0 Å². The van der Waals surface area contributed by atoms with Gasteiger partial charge in [0.1, 0.15) is 17.1 Å². The molecule has 0 heterocycles. The molecule has 0 atom stereocenters. The van der Waals surface area contributed by atoms with Crippen LogP contribution in [-0.2, 0) is 4.74 Å². The SMILES string of the molecule is COC(=O)c1cc(OC)c2c(OC)c(O)ccc2c1O. The number of methoxy groups -OCH3 is 3. The molecule has 6 heteroatoms. The number of fused-ring (bicyclic) bond motifs is 1. The van der Waals surface area contributed by atoms with E-state index in [1.807, 2.05) is 0 Å². The maximum atomic E-state index is 11.6. The highest BCUT2D eigenvalue weighted by Gasteiger charge is 2.22. The topological polar surface area (TPSA) is 85.2 Å². The number of rotatable bonds is 3. The molecular weight excluding hydrogens is 264 g/mol. The molecule has 0 aliphatic rings. The Hall–Kier alpha value is -2.63. The first-order chi connectivity index (χ1) is 9.54. The lowest BCUT2D eigenvalue weighted by molar-refractivity contribution is 0.0597. The number of hydrogen-bond donors (Lipinski definition) is 2. The Morgan fingerprint density at radius 2 is 1.80 bits per heavy atom. The third-order valence-corrected chi connectivity index (χ3v) is 3.00. The van der Waals surface area contributed by atoms with Crippen LogP contribution >= 0.6 is 0 Å².